The van der Waals surface area contributed by atoms with E-state index in [2.05, 4.69) is 4.99 Å². The molecule has 1 atom stereocenters. The fraction of sp³-hybridized carbons (Fsp3) is 0.833. The first kappa shape index (κ1) is 8.43. The lowest BCUT2D eigenvalue weighted by atomic mass is 10.4. The fourth-order valence-corrected chi connectivity index (χ4v) is 0.294. The van der Waals surface area contributed by atoms with Crippen molar-refractivity contribution >= 4 is 6.34 Å². The number of aliphatic imine (C=N–C) groups is 1. The Kier molecular flexibility index (Phi) is 4.05. The normalized spacial score (nSPS) is 14.2. The summed E-state index contributed by atoms with van der Waals surface area (Å²) in [5.74, 6) is 0. The molecule has 0 saturated carbocycles. The van der Waals surface area contributed by atoms with Crippen LogP contribution in [0.4, 0.5) is 0 Å². The average molecular weight is 130 g/mol. The Labute approximate surface area is 56.0 Å². The van der Waals surface area contributed by atoms with Gasteiger partial charge in [0.15, 0.2) is 0 Å². The molecule has 0 aliphatic carbocycles. The highest BCUT2D eigenvalue weighted by Gasteiger charge is 1.91. The number of aliphatic hydroxyl groups excluding tert-OH is 1. The molecule has 0 aromatic heterocycles. The van der Waals surface area contributed by atoms with Gasteiger partial charge in [-0.25, -0.2) is 0 Å². The molecule has 0 spiro atoms. The molecule has 9 heavy (non-hydrogen) atoms. The quantitative estimate of drug-likeness (QED) is 0.429. The highest BCUT2D eigenvalue weighted by molar-refractivity contribution is 5.53. The van der Waals surface area contributed by atoms with Gasteiger partial charge in [0.05, 0.1) is 19.0 Å². The monoisotopic (exact) mass is 130 g/mol. The standard InChI is InChI=1S/C6H14N2O/c1-6(4-9)7-5-8(2)3/h5-6,9H,4H2,1-3H3. The smallest absolute Gasteiger partial charge is 0.0848 e. The van der Waals surface area contributed by atoms with Crippen molar-refractivity contribution in [2.45, 2.75) is 13.0 Å². The van der Waals surface area contributed by atoms with Gasteiger partial charge in [-0.1, -0.05) is 0 Å². The highest BCUT2D eigenvalue weighted by Crippen LogP contribution is 1.83. The number of hydrogen-bond acceptors (Lipinski definition) is 2. The molecule has 0 saturated heterocycles. The summed E-state index contributed by atoms with van der Waals surface area (Å²) in [7, 11) is 3.79. The van der Waals surface area contributed by atoms with Gasteiger partial charge in [-0.05, 0) is 6.92 Å². The number of rotatable bonds is 3. The first-order valence-electron chi connectivity index (χ1n) is 2.97. The molecule has 0 rings (SSSR count). The van der Waals surface area contributed by atoms with Crippen molar-refractivity contribution in [1.82, 2.24) is 4.90 Å². The maximum atomic E-state index is 8.52. The minimum Gasteiger partial charge on any atom is -0.394 e. The lowest BCUT2D eigenvalue weighted by Gasteiger charge is -2.04. The topological polar surface area (TPSA) is 35.8 Å². The SMILES string of the molecule is CC(CO)N=CN(C)C. The predicted octanol–water partition coefficient (Wildman–Crippen LogP) is -0.0429. The Morgan fingerprint density at radius 1 is 1.67 bits per heavy atom. The van der Waals surface area contributed by atoms with E-state index in [4.69, 9.17) is 5.11 Å². The maximum Gasteiger partial charge on any atom is 0.0848 e. The van der Waals surface area contributed by atoms with Gasteiger partial charge in [0, 0.05) is 14.1 Å². The van der Waals surface area contributed by atoms with Gasteiger partial charge in [-0.2, -0.15) is 0 Å². The largest absolute Gasteiger partial charge is 0.394 e. The van der Waals surface area contributed by atoms with E-state index in [0.717, 1.165) is 0 Å². The maximum absolute atomic E-state index is 8.52. The number of aliphatic hydroxyl groups is 1. The second-order valence-electron chi connectivity index (χ2n) is 2.26. The van der Waals surface area contributed by atoms with E-state index in [1.807, 2.05) is 25.9 Å². The molecule has 0 radical (unpaired) electrons. The van der Waals surface area contributed by atoms with E-state index < -0.39 is 0 Å². The summed E-state index contributed by atoms with van der Waals surface area (Å²) in [6, 6.07) is 0.0207. The zero-order valence-electron chi connectivity index (χ0n) is 6.20. The predicted molar refractivity (Wildman–Crippen MR) is 38.7 cm³/mol. The molecule has 3 nitrogen and oxygen atoms in total. The van der Waals surface area contributed by atoms with Gasteiger partial charge in [-0.3, -0.25) is 4.99 Å². The van der Waals surface area contributed by atoms with Gasteiger partial charge >= 0.3 is 0 Å². The molecule has 0 heterocycles. The number of nitrogens with zero attached hydrogens (tertiary/aromatic N) is 2. The van der Waals surface area contributed by atoms with Gasteiger partial charge in [-0.15, -0.1) is 0 Å². The van der Waals surface area contributed by atoms with Gasteiger partial charge < -0.3 is 10.0 Å². The molecule has 0 aromatic rings. The van der Waals surface area contributed by atoms with Crippen LogP contribution in [0.15, 0.2) is 4.99 Å². The van der Waals surface area contributed by atoms with Crippen LogP contribution < -0.4 is 0 Å². The zero-order chi connectivity index (χ0) is 7.28. The Hall–Kier alpha value is -0.570. The summed E-state index contributed by atoms with van der Waals surface area (Å²) in [5, 5.41) is 8.52. The van der Waals surface area contributed by atoms with Crippen molar-refractivity contribution in [3.8, 4) is 0 Å². The lowest BCUT2D eigenvalue weighted by Crippen LogP contribution is -2.12. The van der Waals surface area contributed by atoms with E-state index in [-0.39, 0.29) is 12.6 Å². The summed E-state index contributed by atoms with van der Waals surface area (Å²) in [6.45, 7) is 1.98. The van der Waals surface area contributed by atoms with E-state index in [9.17, 15) is 0 Å². The Morgan fingerprint density at radius 3 is 2.56 bits per heavy atom. The molecule has 1 N–H and O–H groups in total. The Balaban J connectivity index is 3.43. The van der Waals surface area contributed by atoms with E-state index in [0.29, 0.717) is 0 Å². The molecule has 0 amide bonds. The third kappa shape index (κ3) is 5.30. The molecule has 1 unspecified atom stereocenters. The summed E-state index contributed by atoms with van der Waals surface area (Å²) in [5.41, 5.74) is 0. The molecule has 0 aromatic carbocycles. The third-order valence-electron chi connectivity index (χ3n) is 0.816. The molecule has 0 bridgehead atoms. The van der Waals surface area contributed by atoms with Crippen molar-refractivity contribution in [2.24, 2.45) is 4.99 Å². The van der Waals surface area contributed by atoms with Crippen molar-refractivity contribution in [2.75, 3.05) is 20.7 Å². The minimum absolute atomic E-state index is 0.0207. The second kappa shape index (κ2) is 4.32. The zero-order valence-corrected chi connectivity index (χ0v) is 6.20. The van der Waals surface area contributed by atoms with Gasteiger partial charge in [0.1, 0.15) is 0 Å². The molecule has 0 aliphatic heterocycles. The Morgan fingerprint density at radius 2 is 2.22 bits per heavy atom. The highest BCUT2D eigenvalue weighted by atomic mass is 16.3. The summed E-state index contributed by atoms with van der Waals surface area (Å²) in [6.07, 6.45) is 1.70. The van der Waals surface area contributed by atoms with Crippen LogP contribution in [-0.4, -0.2) is 43.1 Å². The van der Waals surface area contributed by atoms with Crippen LogP contribution in [0, 0.1) is 0 Å². The summed E-state index contributed by atoms with van der Waals surface area (Å²) >= 11 is 0. The molecular formula is C6H14N2O. The number of hydrogen-bond donors (Lipinski definition) is 1. The molecule has 54 valence electrons. The molecule has 3 heteroatoms. The van der Waals surface area contributed by atoms with E-state index >= 15 is 0 Å². The molecule has 0 aliphatic rings. The second-order valence-corrected chi connectivity index (χ2v) is 2.26. The van der Waals surface area contributed by atoms with Crippen LogP contribution in [-0.2, 0) is 0 Å². The fourth-order valence-electron chi connectivity index (χ4n) is 0.294. The van der Waals surface area contributed by atoms with Crippen LogP contribution in [0.3, 0.4) is 0 Å². The minimum atomic E-state index is 0.0207. The summed E-state index contributed by atoms with van der Waals surface area (Å²) < 4.78 is 0. The van der Waals surface area contributed by atoms with Gasteiger partial charge in [0.25, 0.3) is 0 Å². The molecule has 0 fully saturated rings. The average Bonchev–Trinajstić information content (AvgIpc) is 1.83. The van der Waals surface area contributed by atoms with Crippen molar-refractivity contribution in [3.05, 3.63) is 0 Å². The van der Waals surface area contributed by atoms with E-state index in [1.165, 1.54) is 0 Å². The Bertz CT molecular complexity index is 91.1. The van der Waals surface area contributed by atoms with Crippen LogP contribution in [0.1, 0.15) is 6.92 Å². The van der Waals surface area contributed by atoms with Crippen LogP contribution in [0.25, 0.3) is 0 Å². The summed E-state index contributed by atoms with van der Waals surface area (Å²) in [4.78, 5) is 5.83. The first-order chi connectivity index (χ1) is 4.16. The van der Waals surface area contributed by atoms with Crippen molar-refractivity contribution < 1.29 is 5.11 Å². The van der Waals surface area contributed by atoms with E-state index in [1.54, 1.807) is 6.34 Å². The van der Waals surface area contributed by atoms with Crippen molar-refractivity contribution in [3.63, 3.8) is 0 Å². The van der Waals surface area contributed by atoms with Crippen LogP contribution in [0.5, 0.6) is 0 Å². The first-order valence-corrected chi connectivity index (χ1v) is 2.97. The third-order valence-corrected chi connectivity index (χ3v) is 0.816. The van der Waals surface area contributed by atoms with Crippen LogP contribution in [0.2, 0.25) is 0 Å². The molecular weight excluding hydrogens is 116 g/mol. The van der Waals surface area contributed by atoms with Crippen LogP contribution >= 0.6 is 0 Å². The van der Waals surface area contributed by atoms with Gasteiger partial charge in [0.2, 0.25) is 0 Å². The lowest BCUT2D eigenvalue weighted by molar-refractivity contribution is 0.274. The van der Waals surface area contributed by atoms with Crippen molar-refractivity contribution in [1.29, 1.82) is 0 Å².